The number of nitrogens with zero attached hydrogens (tertiary/aromatic N) is 2. The first-order valence-corrected chi connectivity index (χ1v) is 7.97. The summed E-state index contributed by atoms with van der Waals surface area (Å²) in [6, 6.07) is 6.11. The van der Waals surface area contributed by atoms with Gasteiger partial charge in [-0.3, -0.25) is 4.90 Å². The number of likely N-dealkylation sites (N-methyl/N-ethyl adjacent to an activating group) is 1. The van der Waals surface area contributed by atoms with Crippen LogP contribution in [0, 0.1) is 5.82 Å². The third-order valence-corrected chi connectivity index (χ3v) is 4.24. The summed E-state index contributed by atoms with van der Waals surface area (Å²) in [5.74, 6) is -0.0810. The summed E-state index contributed by atoms with van der Waals surface area (Å²) in [6.45, 7) is 6.78. The van der Waals surface area contributed by atoms with Crippen molar-refractivity contribution >= 4 is 0 Å². The molecule has 1 aliphatic rings. The van der Waals surface area contributed by atoms with Gasteiger partial charge in [-0.05, 0) is 45.1 Å². The lowest BCUT2D eigenvalue weighted by molar-refractivity contribution is 0.263. The van der Waals surface area contributed by atoms with Gasteiger partial charge in [0, 0.05) is 37.8 Å². The standard InChI is InChI=1S/C17H28FN3/c1-4-8-19-11-14-5-6-17(18)15(10-14)12-21-9-7-16(13-21)20(2)3/h5-6,10,16,19H,4,7-9,11-13H2,1-3H3. The van der Waals surface area contributed by atoms with Crippen LogP contribution >= 0.6 is 0 Å². The second-order valence-electron chi connectivity index (χ2n) is 6.24. The average molecular weight is 293 g/mol. The van der Waals surface area contributed by atoms with Crippen molar-refractivity contribution in [2.75, 3.05) is 33.7 Å². The maximum Gasteiger partial charge on any atom is 0.127 e. The first kappa shape index (κ1) is 16.4. The zero-order chi connectivity index (χ0) is 15.2. The molecule has 0 spiro atoms. The normalized spacial score (nSPS) is 19.6. The predicted octanol–water partition coefficient (Wildman–Crippen LogP) is 2.46. The first-order valence-electron chi connectivity index (χ1n) is 7.97. The Bertz CT molecular complexity index is 448. The van der Waals surface area contributed by atoms with Gasteiger partial charge in [0.05, 0.1) is 0 Å². The Hall–Kier alpha value is -0.970. The van der Waals surface area contributed by atoms with Crippen LogP contribution in [-0.4, -0.2) is 49.6 Å². The molecule has 0 aliphatic carbocycles. The highest BCUT2D eigenvalue weighted by Gasteiger charge is 2.24. The average Bonchev–Trinajstić information content (AvgIpc) is 2.91. The molecule has 1 saturated heterocycles. The Kier molecular flexibility index (Phi) is 6.15. The summed E-state index contributed by atoms with van der Waals surface area (Å²) in [5, 5.41) is 3.37. The molecule has 1 aromatic carbocycles. The fraction of sp³-hybridized carbons (Fsp3) is 0.647. The fourth-order valence-electron chi connectivity index (χ4n) is 2.89. The van der Waals surface area contributed by atoms with Crippen molar-refractivity contribution in [3.8, 4) is 0 Å². The molecule has 1 unspecified atom stereocenters. The van der Waals surface area contributed by atoms with Crippen LogP contribution in [-0.2, 0) is 13.1 Å². The van der Waals surface area contributed by atoms with Crippen molar-refractivity contribution in [1.82, 2.24) is 15.1 Å². The summed E-state index contributed by atoms with van der Waals surface area (Å²) in [5.41, 5.74) is 1.99. The van der Waals surface area contributed by atoms with E-state index in [1.807, 2.05) is 12.1 Å². The minimum Gasteiger partial charge on any atom is -0.313 e. The molecule has 1 aromatic rings. The highest BCUT2D eigenvalue weighted by molar-refractivity contribution is 5.25. The summed E-state index contributed by atoms with van der Waals surface area (Å²) in [4.78, 5) is 4.62. The molecule has 0 amide bonds. The molecule has 1 heterocycles. The molecular formula is C17H28FN3. The summed E-state index contributed by atoms with van der Waals surface area (Å²) < 4.78 is 14.0. The van der Waals surface area contributed by atoms with Crippen LogP contribution in [0.15, 0.2) is 18.2 Å². The Labute approximate surface area is 128 Å². The monoisotopic (exact) mass is 293 g/mol. The summed E-state index contributed by atoms with van der Waals surface area (Å²) in [7, 11) is 4.24. The number of likely N-dealkylation sites (tertiary alicyclic amines) is 1. The van der Waals surface area contributed by atoms with Gasteiger partial charge >= 0.3 is 0 Å². The van der Waals surface area contributed by atoms with Crippen molar-refractivity contribution in [2.24, 2.45) is 0 Å². The Morgan fingerprint density at radius 2 is 2.19 bits per heavy atom. The molecule has 3 nitrogen and oxygen atoms in total. The number of hydrogen-bond donors (Lipinski definition) is 1. The molecule has 21 heavy (non-hydrogen) atoms. The fourth-order valence-corrected chi connectivity index (χ4v) is 2.89. The molecule has 1 N–H and O–H groups in total. The van der Waals surface area contributed by atoms with Crippen molar-refractivity contribution < 1.29 is 4.39 Å². The molecule has 0 radical (unpaired) electrons. The minimum atomic E-state index is -0.0810. The van der Waals surface area contributed by atoms with Gasteiger partial charge in [0.1, 0.15) is 5.82 Å². The SMILES string of the molecule is CCCNCc1ccc(F)c(CN2CCC(N(C)C)C2)c1. The van der Waals surface area contributed by atoms with Gasteiger partial charge in [0.25, 0.3) is 0 Å². The summed E-state index contributed by atoms with van der Waals surface area (Å²) in [6.07, 6.45) is 2.29. The zero-order valence-corrected chi connectivity index (χ0v) is 13.5. The van der Waals surface area contributed by atoms with Crippen LogP contribution < -0.4 is 5.32 Å². The molecule has 4 heteroatoms. The van der Waals surface area contributed by atoms with Crippen LogP contribution in [0.5, 0.6) is 0 Å². The van der Waals surface area contributed by atoms with Gasteiger partial charge in [-0.1, -0.05) is 19.1 Å². The van der Waals surface area contributed by atoms with E-state index in [-0.39, 0.29) is 5.82 Å². The second-order valence-corrected chi connectivity index (χ2v) is 6.24. The molecule has 1 fully saturated rings. The maximum atomic E-state index is 14.0. The van der Waals surface area contributed by atoms with Gasteiger partial charge in [0.2, 0.25) is 0 Å². The van der Waals surface area contributed by atoms with Crippen LogP contribution in [0.25, 0.3) is 0 Å². The molecule has 0 bridgehead atoms. The minimum absolute atomic E-state index is 0.0810. The highest BCUT2D eigenvalue weighted by Crippen LogP contribution is 2.19. The summed E-state index contributed by atoms with van der Waals surface area (Å²) >= 11 is 0. The molecule has 118 valence electrons. The van der Waals surface area contributed by atoms with Crippen molar-refractivity contribution in [2.45, 2.75) is 38.9 Å². The molecular weight excluding hydrogens is 265 g/mol. The quantitative estimate of drug-likeness (QED) is 0.779. The molecule has 1 atom stereocenters. The largest absolute Gasteiger partial charge is 0.313 e. The van der Waals surface area contributed by atoms with Gasteiger partial charge in [-0.25, -0.2) is 4.39 Å². The second kappa shape index (κ2) is 7.87. The van der Waals surface area contributed by atoms with E-state index in [2.05, 4.69) is 36.1 Å². The van der Waals surface area contributed by atoms with E-state index < -0.39 is 0 Å². The van der Waals surface area contributed by atoms with E-state index in [4.69, 9.17) is 0 Å². The van der Waals surface area contributed by atoms with Crippen LogP contribution in [0.2, 0.25) is 0 Å². The van der Waals surface area contributed by atoms with Gasteiger partial charge in [-0.2, -0.15) is 0 Å². The maximum absolute atomic E-state index is 14.0. The van der Waals surface area contributed by atoms with Crippen LogP contribution in [0.1, 0.15) is 30.9 Å². The number of nitrogens with one attached hydrogen (secondary N) is 1. The predicted molar refractivity (Wildman–Crippen MR) is 85.8 cm³/mol. The smallest absolute Gasteiger partial charge is 0.127 e. The zero-order valence-electron chi connectivity index (χ0n) is 13.5. The lowest BCUT2D eigenvalue weighted by atomic mass is 10.1. The molecule has 2 rings (SSSR count). The van der Waals surface area contributed by atoms with Crippen LogP contribution in [0.3, 0.4) is 0 Å². The van der Waals surface area contributed by atoms with Crippen molar-refractivity contribution in [3.05, 3.63) is 35.1 Å². The van der Waals surface area contributed by atoms with Crippen molar-refractivity contribution in [1.29, 1.82) is 0 Å². The lowest BCUT2D eigenvalue weighted by Crippen LogP contribution is -2.31. The Balaban J connectivity index is 1.94. The van der Waals surface area contributed by atoms with E-state index in [0.717, 1.165) is 44.7 Å². The lowest BCUT2D eigenvalue weighted by Gasteiger charge is -2.20. The third-order valence-electron chi connectivity index (χ3n) is 4.24. The van der Waals surface area contributed by atoms with Gasteiger partial charge in [0.15, 0.2) is 0 Å². The Morgan fingerprint density at radius 3 is 2.86 bits per heavy atom. The Morgan fingerprint density at radius 1 is 1.38 bits per heavy atom. The molecule has 0 saturated carbocycles. The van der Waals surface area contributed by atoms with Gasteiger partial charge in [-0.15, -0.1) is 0 Å². The topological polar surface area (TPSA) is 18.5 Å². The molecule has 1 aliphatic heterocycles. The first-order chi connectivity index (χ1) is 10.1. The van der Waals surface area contributed by atoms with E-state index >= 15 is 0 Å². The number of rotatable bonds is 7. The van der Waals surface area contributed by atoms with E-state index in [0.29, 0.717) is 6.04 Å². The highest BCUT2D eigenvalue weighted by atomic mass is 19.1. The molecule has 0 aromatic heterocycles. The number of halogens is 1. The third kappa shape index (κ3) is 4.77. The van der Waals surface area contributed by atoms with E-state index in [9.17, 15) is 4.39 Å². The van der Waals surface area contributed by atoms with E-state index in [1.165, 1.54) is 12.0 Å². The van der Waals surface area contributed by atoms with Crippen molar-refractivity contribution in [3.63, 3.8) is 0 Å². The number of hydrogen-bond acceptors (Lipinski definition) is 3. The van der Waals surface area contributed by atoms with Gasteiger partial charge < -0.3 is 10.2 Å². The van der Waals surface area contributed by atoms with Crippen LogP contribution in [0.4, 0.5) is 4.39 Å². The van der Waals surface area contributed by atoms with E-state index in [1.54, 1.807) is 6.07 Å². The number of benzene rings is 1.